The Morgan fingerprint density at radius 2 is 0.906 bits per heavy atom. The number of hydrogen-bond donors (Lipinski definition) is 0. The molecule has 0 amide bonds. The number of carbonyl (C=O) groups excluding carboxylic acids is 2. The summed E-state index contributed by atoms with van der Waals surface area (Å²) in [5.74, 6) is -0.551. The van der Waals surface area contributed by atoms with E-state index in [0.29, 0.717) is 13.2 Å². The molecule has 0 aromatic heterocycles. The molecule has 1 aliphatic carbocycles. The van der Waals surface area contributed by atoms with Gasteiger partial charge in [-0.15, -0.1) is 0 Å². The predicted octanol–water partition coefficient (Wildman–Crippen LogP) is 7.87. The first-order valence-corrected chi connectivity index (χ1v) is 13.9. The molecule has 0 bridgehead atoms. The zero-order chi connectivity index (χ0) is 23.6. The minimum absolute atomic E-state index is 0.162. The maximum Gasteiger partial charge on any atom is 0.310 e. The van der Waals surface area contributed by atoms with E-state index in [-0.39, 0.29) is 35.6 Å². The van der Waals surface area contributed by atoms with Crippen LogP contribution < -0.4 is 0 Å². The number of rotatable bonds is 18. The summed E-state index contributed by atoms with van der Waals surface area (Å²) in [6.45, 7) is 9.65. The van der Waals surface area contributed by atoms with Gasteiger partial charge in [-0.2, -0.15) is 0 Å². The number of unbranched alkanes of at least 4 members (excludes halogenated alkanes) is 10. The Bertz CT molecular complexity index is 446. The Balaban J connectivity index is 2.59. The Labute approximate surface area is 198 Å². The van der Waals surface area contributed by atoms with Gasteiger partial charge in [-0.05, 0) is 37.5 Å². The summed E-state index contributed by atoms with van der Waals surface area (Å²) in [5.41, 5.74) is 0. The van der Waals surface area contributed by atoms with Crippen LogP contribution in [0.4, 0.5) is 0 Å². The van der Waals surface area contributed by atoms with Crippen molar-refractivity contribution in [2.45, 2.75) is 130 Å². The third-order valence-corrected chi connectivity index (χ3v) is 7.39. The molecular weight excluding hydrogens is 400 g/mol. The number of carbonyl (C=O) groups is 2. The van der Waals surface area contributed by atoms with Crippen LogP contribution >= 0.6 is 0 Å². The van der Waals surface area contributed by atoms with Crippen molar-refractivity contribution in [1.29, 1.82) is 0 Å². The van der Waals surface area contributed by atoms with Crippen LogP contribution in [-0.4, -0.2) is 25.2 Å². The van der Waals surface area contributed by atoms with Gasteiger partial charge in [0.1, 0.15) is 0 Å². The summed E-state index contributed by atoms with van der Waals surface area (Å²) in [6.07, 6.45) is 17.9. The molecule has 0 radical (unpaired) electrons. The number of hydrogen-bond acceptors (Lipinski definition) is 4. The van der Waals surface area contributed by atoms with E-state index in [9.17, 15) is 9.59 Å². The second kappa shape index (κ2) is 18.4. The van der Waals surface area contributed by atoms with Gasteiger partial charge in [-0.1, -0.05) is 105 Å². The zero-order valence-corrected chi connectivity index (χ0v) is 21.7. The van der Waals surface area contributed by atoms with E-state index in [4.69, 9.17) is 9.47 Å². The molecule has 4 nitrogen and oxygen atoms in total. The van der Waals surface area contributed by atoms with Gasteiger partial charge < -0.3 is 9.47 Å². The highest BCUT2D eigenvalue weighted by Crippen LogP contribution is 2.43. The second-order valence-electron chi connectivity index (χ2n) is 9.84. The van der Waals surface area contributed by atoms with Crippen molar-refractivity contribution in [2.24, 2.45) is 23.7 Å². The van der Waals surface area contributed by atoms with Crippen molar-refractivity contribution in [1.82, 2.24) is 0 Å². The predicted molar refractivity (Wildman–Crippen MR) is 132 cm³/mol. The Hall–Kier alpha value is -1.06. The number of ether oxygens (including phenoxy) is 2. The van der Waals surface area contributed by atoms with Gasteiger partial charge in [0.15, 0.2) is 0 Å². The summed E-state index contributed by atoms with van der Waals surface area (Å²) < 4.78 is 11.5. The minimum Gasteiger partial charge on any atom is -0.465 e. The first kappa shape index (κ1) is 29.0. The van der Waals surface area contributed by atoms with Gasteiger partial charge in [-0.25, -0.2) is 0 Å². The third kappa shape index (κ3) is 10.7. The maximum atomic E-state index is 13.1. The van der Waals surface area contributed by atoms with E-state index >= 15 is 0 Å². The molecule has 4 atom stereocenters. The highest BCUT2D eigenvalue weighted by molar-refractivity contribution is 5.83. The summed E-state index contributed by atoms with van der Waals surface area (Å²) >= 11 is 0. The largest absolute Gasteiger partial charge is 0.465 e. The highest BCUT2D eigenvalue weighted by atomic mass is 16.5. The van der Waals surface area contributed by atoms with E-state index < -0.39 is 0 Å². The van der Waals surface area contributed by atoms with Gasteiger partial charge in [0, 0.05) is 0 Å². The molecule has 1 fully saturated rings. The van der Waals surface area contributed by atoms with Crippen molar-refractivity contribution in [3.63, 3.8) is 0 Å². The Morgan fingerprint density at radius 3 is 1.25 bits per heavy atom. The van der Waals surface area contributed by atoms with Crippen LogP contribution in [0.25, 0.3) is 0 Å². The molecule has 0 aromatic carbocycles. The minimum atomic E-state index is -0.337. The average Bonchev–Trinajstić information content (AvgIpc) is 2.81. The molecule has 1 saturated carbocycles. The molecule has 0 saturated heterocycles. The lowest BCUT2D eigenvalue weighted by atomic mass is 9.65. The molecule has 0 aromatic rings. The zero-order valence-electron chi connectivity index (χ0n) is 21.7. The summed E-state index contributed by atoms with van der Waals surface area (Å²) in [5, 5.41) is 0. The van der Waals surface area contributed by atoms with Crippen LogP contribution in [0, 0.1) is 23.7 Å². The SMILES string of the molecule is CCCCCCCCOC(=O)C1C(CC)CCC(CC)C1C(=O)OCCCCCCCC. The highest BCUT2D eigenvalue weighted by Gasteiger charge is 2.47. The van der Waals surface area contributed by atoms with E-state index in [1.165, 1.54) is 51.4 Å². The molecule has 0 heterocycles. The fourth-order valence-corrected chi connectivity index (χ4v) is 5.27. The van der Waals surface area contributed by atoms with Crippen LogP contribution in [0.1, 0.15) is 130 Å². The van der Waals surface area contributed by atoms with Crippen molar-refractivity contribution in [3.05, 3.63) is 0 Å². The summed E-state index contributed by atoms with van der Waals surface area (Å²) in [7, 11) is 0. The maximum absolute atomic E-state index is 13.1. The number of esters is 2. The quantitative estimate of drug-likeness (QED) is 0.157. The fraction of sp³-hybridized carbons (Fsp3) is 0.929. The molecule has 4 heteroatoms. The second-order valence-corrected chi connectivity index (χ2v) is 9.84. The average molecular weight is 453 g/mol. The van der Waals surface area contributed by atoms with E-state index in [1.807, 2.05) is 0 Å². The van der Waals surface area contributed by atoms with Crippen LogP contribution in [0.5, 0.6) is 0 Å². The van der Waals surface area contributed by atoms with Crippen LogP contribution in [-0.2, 0) is 19.1 Å². The van der Waals surface area contributed by atoms with E-state index in [2.05, 4.69) is 27.7 Å². The summed E-state index contributed by atoms with van der Waals surface area (Å²) in [4.78, 5) is 26.3. The molecule has 0 spiro atoms. The molecule has 1 aliphatic rings. The van der Waals surface area contributed by atoms with Crippen LogP contribution in [0.15, 0.2) is 0 Å². The fourth-order valence-electron chi connectivity index (χ4n) is 5.27. The first-order valence-electron chi connectivity index (χ1n) is 13.9. The van der Waals surface area contributed by atoms with Crippen molar-refractivity contribution in [3.8, 4) is 0 Å². The lowest BCUT2D eigenvalue weighted by molar-refractivity contribution is -0.169. The molecule has 1 rings (SSSR count). The van der Waals surface area contributed by atoms with Crippen LogP contribution in [0.3, 0.4) is 0 Å². The van der Waals surface area contributed by atoms with Gasteiger partial charge in [0.05, 0.1) is 25.0 Å². The Kier molecular flexibility index (Phi) is 16.6. The van der Waals surface area contributed by atoms with E-state index in [0.717, 1.165) is 51.4 Å². The first-order chi connectivity index (χ1) is 15.6. The topological polar surface area (TPSA) is 52.6 Å². The normalized spacial score (nSPS) is 23.1. The van der Waals surface area contributed by atoms with E-state index in [1.54, 1.807) is 0 Å². The molecule has 0 aliphatic heterocycles. The van der Waals surface area contributed by atoms with Crippen molar-refractivity contribution in [2.75, 3.05) is 13.2 Å². The Morgan fingerprint density at radius 1 is 0.562 bits per heavy atom. The molecule has 32 heavy (non-hydrogen) atoms. The van der Waals surface area contributed by atoms with Crippen molar-refractivity contribution >= 4 is 11.9 Å². The van der Waals surface area contributed by atoms with Gasteiger partial charge >= 0.3 is 11.9 Å². The lowest BCUT2D eigenvalue weighted by Gasteiger charge is -2.40. The van der Waals surface area contributed by atoms with Gasteiger partial charge in [-0.3, -0.25) is 9.59 Å². The molecule has 4 unspecified atom stereocenters. The molecule has 188 valence electrons. The smallest absolute Gasteiger partial charge is 0.310 e. The van der Waals surface area contributed by atoms with Gasteiger partial charge in [0.2, 0.25) is 0 Å². The van der Waals surface area contributed by atoms with Gasteiger partial charge in [0.25, 0.3) is 0 Å². The molecular formula is C28H52O4. The van der Waals surface area contributed by atoms with Crippen LogP contribution in [0.2, 0.25) is 0 Å². The molecule has 0 N–H and O–H groups in total. The standard InChI is InChI=1S/C28H52O4/c1-5-9-11-13-15-17-21-31-27(29)25-23(7-3)19-20-24(8-4)26(25)28(30)32-22-18-16-14-12-10-6-2/h23-26H,5-22H2,1-4H3. The third-order valence-electron chi connectivity index (χ3n) is 7.39. The van der Waals surface area contributed by atoms with Crippen molar-refractivity contribution < 1.29 is 19.1 Å². The summed E-state index contributed by atoms with van der Waals surface area (Å²) in [6, 6.07) is 0. The monoisotopic (exact) mass is 452 g/mol. The lowest BCUT2D eigenvalue weighted by Crippen LogP contribution is -2.45.